The average molecular weight is 491 g/mol. The van der Waals surface area contributed by atoms with Crippen LogP contribution in [0.5, 0.6) is 11.5 Å². The highest BCUT2D eigenvalue weighted by Crippen LogP contribution is 2.28. The SMILES string of the molecule is CCCCCCCCCCCCOc1ccc(C=O)cc1OCCCCCCCCCCCCO. The van der Waals surface area contributed by atoms with Gasteiger partial charge >= 0.3 is 0 Å². The standard InChI is InChI=1S/C31H54O4/c1-2-3-4-5-6-7-11-14-17-20-25-34-30-23-22-29(28-33)27-31(30)35-26-21-18-15-12-9-8-10-13-16-19-24-32/h22-23,27-28,32H,2-21,24-26H2,1H3. The summed E-state index contributed by atoms with van der Waals surface area (Å²) >= 11 is 0. The van der Waals surface area contributed by atoms with Crippen LogP contribution in [0.4, 0.5) is 0 Å². The minimum Gasteiger partial charge on any atom is -0.490 e. The second-order valence-corrected chi connectivity index (χ2v) is 9.96. The summed E-state index contributed by atoms with van der Waals surface area (Å²) in [5, 5.41) is 8.80. The Bertz CT molecular complexity index is 602. The van der Waals surface area contributed by atoms with Gasteiger partial charge in [0.2, 0.25) is 0 Å². The normalized spacial score (nSPS) is 11.0. The molecule has 0 radical (unpaired) electrons. The van der Waals surface area contributed by atoms with Gasteiger partial charge in [0.15, 0.2) is 11.5 Å². The molecule has 0 aliphatic heterocycles. The Morgan fingerprint density at radius 2 is 1.03 bits per heavy atom. The van der Waals surface area contributed by atoms with Crippen LogP contribution in [0, 0.1) is 0 Å². The largest absolute Gasteiger partial charge is 0.490 e. The third-order valence-electron chi connectivity index (χ3n) is 6.67. The quantitative estimate of drug-likeness (QED) is 0.104. The zero-order chi connectivity index (χ0) is 25.2. The predicted octanol–water partition coefficient (Wildman–Crippen LogP) is 9.07. The summed E-state index contributed by atoms with van der Waals surface area (Å²) in [6, 6.07) is 5.48. The number of aliphatic hydroxyl groups is 1. The molecule has 1 rings (SSSR count). The monoisotopic (exact) mass is 490 g/mol. The summed E-state index contributed by atoms with van der Waals surface area (Å²) in [7, 11) is 0. The Morgan fingerprint density at radius 1 is 0.600 bits per heavy atom. The molecule has 1 aromatic carbocycles. The second kappa shape index (κ2) is 24.2. The van der Waals surface area contributed by atoms with Crippen molar-refractivity contribution in [3.63, 3.8) is 0 Å². The van der Waals surface area contributed by atoms with Gasteiger partial charge in [-0.15, -0.1) is 0 Å². The van der Waals surface area contributed by atoms with Gasteiger partial charge in [-0.25, -0.2) is 0 Å². The Morgan fingerprint density at radius 3 is 1.49 bits per heavy atom. The Kier molecular flexibility index (Phi) is 21.7. The number of benzene rings is 1. The molecule has 1 N–H and O–H groups in total. The number of hydrogen-bond acceptors (Lipinski definition) is 4. The Balaban J connectivity index is 2.12. The van der Waals surface area contributed by atoms with Crippen LogP contribution in [0.3, 0.4) is 0 Å². The fraction of sp³-hybridized carbons (Fsp3) is 0.774. The van der Waals surface area contributed by atoms with Crippen LogP contribution in [0.2, 0.25) is 0 Å². The van der Waals surface area contributed by atoms with Gasteiger partial charge in [-0.05, 0) is 37.5 Å². The number of hydrogen-bond donors (Lipinski definition) is 1. The smallest absolute Gasteiger partial charge is 0.161 e. The van der Waals surface area contributed by atoms with E-state index in [1.54, 1.807) is 12.1 Å². The molecule has 1 aromatic rings. The summed E-state index contributed by atoms with van der Waals surface area (Å²) in [6.07, 6.45) is 26.0. The lowest BCUT2D eigenvalue weighted by atomic mass is 10.1. The summed E-state index contributed by atoms with van der Waals surface area (Å²) in [4.78, 5) is 11.2. The second-order valence-electron chi connectivity index (χ2n) is 9.96. The summed E-state index contributed by atoms with van der Waals surface area (Å²) in [6.45, 7) is 3.96. The van der Waals surface area contributed by atoms with Crippen molar-refractivity contribution in [1.29, 1.82) is 0 Å². The summed E-state index contributed by atoms with van der Waals surface area (Å²) < 4.78 is 12.0. The minimum absolute atomic E-state index is 0.328. The van der Waals surface area contributed by atoms with Crippen molar-refractivity contribution in [3.8, 4) is 11.5 Å². The molecule has 202 valence electrons. The number of unbranched alkanes of at least 4 members (excludes halogenated alkanes) is 18. The highest BCUT2D eigenvalue weighted by atomic mass is 16.5. The Hall–Kier alpha value is -1.55. The molecule has 4 nitrogen and oxygen atoms in total. The van der Waals surface area contributed by atoms with Crippen LogP contribution in [0.25, 0.3) is 0 Å². The lowest BCUT2D eigenvalue weighted by Crippen LogP contribution is -2.03. The van der Waals surface area contributed by atoms with Gasteiger partial charge in [0.1, 0.15) is 6.29 Å². The van der Waals surface area contributed by atoms with Crippen molar-refractivity contribution >= 4 is 6.29 Å². The van der Waals surface area contributed by atoms with E-state index in [-0.39, 0.29) is 0 Å². The summed E-state index contributed by atoms with van der Waals surface area (Å²) in [5.41, 5.74) is 0.630. The predicted molar refractivity (Wildman–Crippen MR) is 148 cm³/mol. The zero-order valence-corrected chi connectivity index (χ0v) is 22.7. The maximum atomic E-state index is 11.2. The molecule has 0 atom stereocenters. The van der Waals surface area contributed by atoms with Gasteiger partial charge in [0.25, 0.3) is 0 Å². The third kappa shape index (κ3) is 18.4. The lowest BCUT2D eigenvalue weighted by molar-refractivity contribution is 0.112. The molecule has 0 heterocycles. The molecular weight excluding hydrogens is 436 g/mol. The number of aliphatic hydroxyl groups excluding tert-OH is 1. The van der Waals surface area contributed by atoms with Crippen molar-refractivity contribution in [1.82, 2.24) is 0 Å². The van der Waals surface area contributed by atoms with E-state index in [1.807, 2.05) is 6.07 Å². The number of aldehydes is 1. The first kappa shape index (κ1) is 31.5. The molecule has 4 heteroatoms. The highest BCUT2D eigenvalue weighted by molar-refractivity contribution is 5.76. The van der Waals surface area contributed by atoms with Crippen molar-refractivity contribution in [2.75, 3.05) is 19.8 Å². The molecule has 0 aliphatic carbocycles. The molecule has 0 saturated carbocycles. The van der Waals surface area contributed by atoms with Crippen LogP contribution in [0.15, 0.2) is 18.2 Å². The third-order valence-corrected chi connectivity index (χ3v) is 6.67. The molecule has 0 saturated heterocycles. The van der Waals surface area contributed by atoms with Crippen LogP contribution < -0.4 is 9.47 Å². The van der Waals surface area contributed by atoms with Gasteiger partial charge in [0.05, 0.1) is 13.2 Å². The minimum atomic E-state index is 0.328. The first-order chi connectivity index (χ1) is 17.3. The highest BCUT2D eigenvalue weighted by Gasteiger charge is 2.07. The van der Waals surface area contributed by atoms with Gasteiger partial charge in [-0.1, -0.05) is 116 Å². The first-order valence-electron chi connectivity index (χ1n) is 14.8. The fourth-order valence-electron chi connectivity index (χ4n) is 4.41. The van der Waals surface area contributed by atoms with Gasteiger partial charge < -0.3 is 14.6 Å². The number of ether oxygens (including phenoxy) is 2. The molecule has 0 fully saturated rings. The van der Waals surface area contributed by atoms with E-state index in [0.29, 0.717) is 31.1 Å². The molecule has 0 spiro atoms. The summed E-state index contributed by atoms with van der Waals surface area (Å²) in [5.74, 6) is 1.46. The Labute approximate surface area is 216 Å². The van der Waals surface area contributed by atoms with Crippen molar-refractivity contribution in [2.45, 2.75) is 135 Å². The van der Waals surface area contributed by atoms with E-state index in [4.69, 9.17) is 14.6 Å². The first-order valence-corrected chi connectivity index (χ1v) is 14.8. The molecule has 0 unspecified atom stereocenters. The molecule has 0 bridgehead atoms. The lowest BCUT2D eigenvalue weighted by Gasteiger charge is -2.13. The topological polar surface area (TPSA) is 55.8 Å². The average Bonchev–Trinajstić information content (AvgIpc) is 2.88. The zero-order valence-electron chi connectivity index (χ0n) is 22.7. The van der Waals surface area contributed by atoms with E-state index in [9.17, 15) is 4.79 Å². The molecule has 0 aromatic heterocycles. The maximum absolute atomic E-state index is 11.2. The van der Waals surface area contributed by atoms with Crippen LogP contribution in [-0.2, 0) is 0 Å². The fourth-order valence-corrected chi connectivity index (χ4v) is 4.41. The molecule has 0 amide bonds. The van der Waals surface area contributed by atoms with E-state index in [0.717, 1.165) is 37.7 Å². The molecular formula is C31H54O4. The van der Waals surface area contributed by atoms with Gasteiger partial charge in [-0.3, -0.25) is 4.79 Å². The number of rotatable bonds is 26. The van der Waals surface area contributed by atoms with E-state index >= 15 is 0 Å². The molecule has 0 aliphatic rings. The van der Waals surface area contributed by atoms with Crippen molar-refractivity contribution < 1.29 is 19.4 Å². The van der Waals surface area contributed by atoms with Gasteiger partial charge in [0, 0.05) is 12.2 Å². The van der Waals surface area contributed by atoms with Crippen molar-refractivity contribution in [3.05, 3.63) is 23.8 Å². The van der Waals surface area contributed by atoms with E-state index < -0.39 is 0 Å². The van der Waals surface area contributed by atoms with Crippen LogP contribution >= 0.6 is 0 Å². The van der Waals surface area contributed by atoms with Crippen molar-refractivity contribution in [2.24, 2.45) is 0 Å². The van der Waals surface area contributed by atoms with Crippen LogP contribution in [-0.4, -0.2) is 31.2 Å². The number of carbonyl (C=O) groups is 1. The maximum Gasteiger partial charge on any atom is 0.161 e. The van der Waals surface area contributed by atoms with E-state index in [2.05, 4.69) is 6.92 Å². The molecule has 35 heavy (non-hydrogen) atoms. The van der Waals surface area contributed by atoms with E-state index in [1.165, 1.54) is 103 Å². The van der Waals surface area contributed by atoms with Crippen LogP contribution in [0.1, 0.15) is 146 Å². The van der Waals surface area contributed by atoms with Gasteiger partial charge in [-0.2, -0.15) is 0 Å². The number of carbonyl (C=O) groups excluding carboxylic acids is 1.